The van der Waals surface area contributed by atoms with Gasteiger partial charge in [-0.05, 0) is 85.9 Å². The molecule has 0 saturated heterocycles. The van der Waals surface area contributed by atoms with E-state index in [9.17, 15) is 10.2 Å². The molecular weight excluding hydrogens is 458 g/mol. The molecule has 4 aliphatic carbocycles. The van der Waals surface area contributed by atoms with Crippen LogP contribution >= 0.6 is 0 Å². The van der Waals surface area contributed by atoms with Gasteiger partial charge in [0.05, 0.1) is 18.0 Å². The van der Waals surface area contributed by atoms with Gasteiger partial charge in [-0.25, -0.2) is 4.98 Å². The SMILES string of the molecule is CC(C)CCCC(C)C1CCC2C3C[C@@H](NCCc4cnc[nH]4)[C@@]4(O)C[C@@H](O)CC[C@]4(C)C3CC[C@]12C. The first kappa shape index (κ1) is 27.6. The monoisotopic (exact) mass is 513 g/mol. The fourth-order valence-corrected chi connectivity index (χ4v) is 10.4. The second-order valence-electron chi connectivity index (χ2n) is 14.7. The molecule has 5 heteroatoms. The van der Waals surface area contributed by atoms with Crippen LogP contribution in [0.2, 0.25) is 0 Å². The quantitative estimate of drug-likeness (QED) is 0.321. The lowest BCUT2D eigenvalue weighted by atomic mass is 9.42. The van der Waals surface area contributed by atoms with Crippen LogP contribution in [0.15, 0.2) is 12.5 Å². The van der Waals surface area contributed by atoms with Gasteiger partial charge in [0.2, 0.25) is 0 Å². The van der Waals surface area contributed by atoms with E-state index in [-0.39, 0.29) is 17.6 Å². The number of nitrogens with one attached hydrogen (secondary N) is 2. The third-order valence-electron chi connectivity index (χ3n) is 12.4. The van der Waals surface area contributed by atoms with Crippen molar-refractivity contribution >= 4 is 0 Å². The molecule has 1 aromatic rings. The van der Waals surface area contributed by atoms with E-state index in [0.29, 0.717) is 23.7 Å². The first-order valence-corrected chi connectivity index (χ1v) is 15.7. The van der Waals surface area contributed by atoms with Crippen molar-refractivity contribution < 1.29 is 10.2 Å². The Kier molecular flexibility index (Phi) is 7.90. The molecule has 37 heavy (non-hydrogen) atoms. The van der Waals surface area contributed by atoms with Crippen LogP contribution < -0.4 is 5.32 Å². The number of aliphatic hydroxyl groups is 2. The zero-order chi connectivity index (χ0) is 26.4. The molecule has 4 saturated carbocycles. The molecule has 0 radical (unpaired) electrons. The van der Waals surface area contributed by atoms with Gasteiger partial charge in [0, 0.05) is 42.7 Å². The molecule has 4 N–H and O–H groups in total. The average molecular weight is 514 g/mol. The number of aromatic amines is 1. The zero-order valence-electron chi connectivity index (χ0n) is 24.3. The molecule has 5 unspecified atom stereocenters. The standard InChI is InChI=1S/C32H55N3O2/c1-21(2)7-6-8-22(3)26-9-10-27-25-17-29(34-16-13-23-19-33-20-35-23)32(37)18-24(36)11-15-31(32,5)28(25)12-14-30(26,27)4/h19-22,24-29,34,36-37H,6-18H2,1-5H3,(H,33,35)/t22?,24-,25?,26?,27?,28?,29+,30+,31+,32-/m0/s1. The molecule has 0 spiro atoms. The van der Waals surface area contributed by atoms with E-state index in [1.54, 1.807) is 6.33 Å². The summed E-state index contributed by atoms with van der Waals surface area (Å²) in [5.74, 6) is 4.49. The van der Waals surface area contributed by atoms with Gasteiger partial charge in [0.1, 0.15) is 0 Å². The van der Waals surface area contributed by atoms with Crippen molar-refractivity contribution in [2.45, 2.75) is 129 Å². The number of nitrogens with zero attached hydrogens (tertiary/aromatic N) is 1. The van der Waals surface area contributed by atoms with Gasteiger partial charge in [-0.2, -0.15) is 0 Å². The lowest BCUT2D eigenvalue weighted by Crippen LogP contribution is -2.71. The average Bonchev–Trinajstić information content (AvgIpc) is 3.48. The van der Waals surface area contributed by atoms with Crippen LogP contribution in [-0.2, 0) is 6.42 Å². The lowest BCUT2D eigenvalue weighted by molar-refractivity contribution is -0.234. The van der Waals surface area contributed by atoms with Gasteiger partial charge in [0.25, 0.3) is 0 Å². The molecule has 210 valence electrons. The summed E-state index contributed by atoms with van der Waals surface area (Å²) in [4.78, 5) is 7.39. The number of imidazole rings is 1. The van der Waals surface area contributed by atoms with Crippen LogP contribution in [-0.4, -0.2) is 44.5 Å². The van der Waals surface area contributed by atoms with Gasteiger partial charge in [-0.15, -0.1) is 0 Å². The van der Waals surface area contributed by atoms with E-state index < -0.39 is 5.60 Å². The van der Waals surface area contributed by atoms with Crippen LogP contribution in [0.3, 0.4) is 0 Å². The third-order valence-corrected chi connectivity index (χ3v) is 12.4. The summed E-state index contributed by atoms with van der Waals surface area (Å²) in [5.41, 5.74) is 0.618. The Balaban J connectivity index is 1.36. The first-order valence-electron chi connectivity index (χ1n) is 15.7. The predicted molar refractivity (Wildman–Crippen MR) is 150 cm³/mol. The normalized spacial score (nSPS) is 44.3. The fourth-order valence-electron chi connectivity index (χ4n) is 10.4. The minimum Gasteiger partial charge on any atom is -0.393 e. The summed E-state index contributed by atoms with van der Waals surface area (Å²) >= 11 is 0. The van der Waals surface area contributed by atoms with Gasteiger partial charge < -0.3 is 20.5 Å². The highest BCUT2D eigenvalue weighted by Gasteiger charge is 2.67. The second kappa shape index (κ2) is 10.6. The van der Waals surface area contributed by atoms with E-state index in [0.717, 1.165) is 61.6 Å². The number of hydrogen-bond acceptors (Lipinski definition) is 4. The van der Waals surface area contributed by atoms with Gasteiger partial charge in [-0.1, -0.05) is 53.9 Å². The minimum absolute atomic E-state index is 0.0430. The molecule has 10 atom stereocenters. The van der Waals surface area contributed by atoms with Crippen molar-refractivity contribution in [2.24, 2.45) is 46.3 Å². The smallest absolute Gasteiger partial charge is 0.0921 e. The Hall–Kier alpha value is -0.910. The van der Waals surface area contributed by atoms with Crippen molar-refractivity contribution in [1.29, 1.82) is 0 Å². The molecule has 4 aliphatic rings. The van der Waals surface area contributed by atoms with Gasteiger partial charge in [-0.3, -0.25) is 0 Å². The van der Waals surface area contributed by atoms with Gasteiger partial charge in [0.15, 0.2) is 0 Å². The number of aliphatic hydroxyl groups excluding tert-OH is 1. The van der Waals surface area contributed by atoms with E-state index in [1.807, 2.05) is 6.20 Å². The summed E-state index contributed by atoms with van der Waals surface area (Å²) in [6.07, 6.45) is 16.9. The minimum atomic E-state index is -0.838. The highest BCUT2D eigenvalue weighted by Crippen LogP contribution is 2.69. The fraction of sp³-hybridized carbons (Fsp3) is 0.906. The molecule has 0 aliphatic heterocycles. The third kappa shape index (κ3) is 4.84. The molecule has 4 fully saturated rings. The molecule has 1 heterocycles. The molecule has 0 aromatic carbocycles. The number of fused-ring (bicyclic) bond motifs is 5. The molecule has 0 bridgehead atoms. The van der Waals surface area contributed by atoms with Crippen molar-refractivity contribution in [3.63, 3.8) is 0 Å². The maximum Gasteiger partial charge on any atom is 0.0921 e. The summed E-state index contributed by atoms with van der Waals surface area (Å²) in [6, 6.07) is 0.0430. The van der Waals surface area contributed by atoms with Crippen LogP contribution in [0.4, 0.5) is 0 Å². The first-order chi connectivity index (χ1) is 17.6. The van der Waals surface area contributed by atoms with E-state index >= 15 is 0 Å². The topological polar surface area (TPSA) is 81.2 Å². The van der Waals surface area contributed by atoms with Crippen molar-refractivity contribution in [1.82, 2.24) is 15.3 Å². The molecule has 0 amide bonds. The van der Waals surface area contributed by atoms with Crippen molar-refractivity contribution in [3.8, 4) is 0 Å². The Labute approximate surface area is 226 Å². The van der Waals surface area contributed by atoms with E-state index in [1.165, 1.54) is 44.9 Å². The van der Waals surface area contributed by atoms with Crippen LogP contribution in [0.25, 0.3) is 0 Å². The summed E-state index contributed by atoms with van der Waals surface area (Å²) in [6.45, 7) is 13.1. The summed E-state index contributed by atoms with van der Waals surface area (Å²) < 4.78 is 0. The molecule has 5 rings (SSSR count). The number of hydrogen-bond donors (Lipinski definition) is 4. The Morgan fingerprint density at radius 1 is 1.08 bits per heavy atom. The number of H-pyrrole nitrogens is 1. The van der Waals surface area contributed by atoms with Crippen LogP contribution in [0.5, 0.6) is 0 Å². The predicted octanol–water partition coefficient (Wildman–Crippen LogP) is 6.12. The zero-order valence-corrected chi connectivity index (χ0v) is 24.3. The Morgan fingerprint density at radius 2 is 1.89 bits per heavy atom. The molecule has 1 aromatic heterocycles. The van der Waals surface area contributed by atoms with Crippen LogP contribution in [0.1, 0.15) is 111 Å². The lowest BCUT2D eigenvalue weighted by Gasteiger charge is -2.66. The Bertz CT molecular complexity index is 889. The van der Waals surface area contributed by atoms with E-state index in [4.69, 9.17) is 0 Å². The summed E-state index contributed by atoms with van der Waals surface area (Å²) in [5, 5.41) is 27.0. The maximum atomic E-state index is 12.4. The molecular formula is C32H55N3O2. The molecule has 5 nitrogen and oxygen atoms in total. The summed E-state index contributed by atoms with van der Waals surface area (Å²) in [7, 11) is 0. The van der Waals surface area contributed by atoms with Crippen LogP contribution in [0, 0.1) is 46.3 Å². The largest absolute Gasteiger partial charge is 0.393 e. The highest BCUT2D eigenvalue weighted by atomic mass is 16.3. The maximum absolute atomic E-state index is 12.4. The second-order valence-corrected chi connectivity index (χ2v) is 14.7. The number of aromatic nitrogens is 2. The van der Waals surface area contributed by atoms with Crippen molar-refractivity contribution in [3.05, 3.63) is 18.2 Å². The highest BCUT2D eigenvalue weighted by molar-refractivity contribution is 5.18. The van der Waals surface area contributed by atoms with Crippen molar-refractivity contribution in [2.75, 3.05) is 6.54 Å². The van der Waals surface area contributed by atoms with Gasteiger partial charge >= 0.3 is 0 Å². The number of rotatable bonds is 9. The Morgan fingerprint density at radius 3 is 2.62 bits per heavy atom. The van der Waals surface area contributed by atoms with E-state index in [2.05, 4.69) is 49.9 Å².